The molecule has 2 N–H and O–H groups in total. The molecule has 1 rings (SSSR count). The molecule has 108 valence electrons. The Kier molecular flexibility index (Phi) is 7.45. The summed E-state index contributed by atoms with van der Waals surface area (Å²) in [5, 5.41) is 12.4. The largest absolute Gasteiger partial charge is 0.395 e. The second kappa shape index (κ2) is 8.88. The Hall–Kier alpha value is -1.13. The van der Waals surface area contributed by atoms with Crippen LogP contribution in [0.15, 0.2) is 18.3 Å². The van der Waals surface area contributed by atoms with Crippen molar-refractivity contribution in [1.82, 2.24) is 9.88 Å². The van der Waals surface area contributed by atoms with E-state index in [-0.39, 0.29) is 6.61 Å². The maximum absolute atomic E-state index is 9.20. The van der Waals surface area contributed by atoms with Gasteiger partial charge < -0.3 is 10.4 Å². The van der Waals surface area contributed by atoms with Gasteiger partial charge in [0.15, 0.2) is 0 Å². The molecule has 0 aliphatic rings. The third kappa shape index (κ3) is 5.17. The Balaban J connectivity index is 2.67. The van der Waals surface area contributed by atoms with Crippen molar-refractivity contribution in [2.24, 2.45) is 0 Å². The molecule has 1 aromatic heterocycles. The van der Waals surface area contributed by atoms with E-state index in [0.29, 0.717) is 6.04 Å². The van der Waals surface area contributed by atoms with Crippen molar-refractivity contribution < 1.29 is 5.11 Å². The highest BCUT2D eigenvalue weighted by atomic mass is 16.3. The fraction of sp³-hybridized carbons (Fsp3) is 0.667. The Bertz CT molecular complexity index is 336. The summed E-state index contributed by atoms with van der Waals surface area (Å²) >= 11 is 0. The zero-order chi connectivity index (χ0) is 14.1. The van der Waals surface area contributed by atoms with E-state index in [1.165, 1.54) is 5.56 Å². The molecule has 1 aromatic rings. The maximum atomic E-state index is 9.20. The van der Waals surface area contributed by atoms with Gasteiger partial charge in [0.2, 0.25) is 0 Å². The lowest BCUT2D eigenvalue weighted by atomic mass is 10.1. The van der Waals surface area contributed by atoms with E-state index in [0.717, 1.165) is 38.3 Å². The molecular formula is C15H27N3O. The first-order valence-electron chi connectivity index (χ1n) is 7.28. The topological polar surface area (TPSA) is 48.4 Å². The smallest absolute Gasteiger partial charge is 0.125 e. The molecule has 0 spiro atoms. The number of nitrogens with zero attached hydrogens (tertiary/aromatic N) is 2. The van der Waals surface area contributed by atoms with Crippen LogP contribution in [0.4, 0.5) is 5.82 Å². The molecule has 0 aromatic carbocycles. The predicted octanol–water partition coefficient (Wildman–Crippen LogP) is 2.50. The summed E-state index contributed by atoms with van der Waals surface area (Å²) in [6.07, 6.45) is 4.14. The Morgan fingerprint density at radius 3 is 2.47 bits per heavy atom. The number of anilines is 1. The van der Waals surface area contributed by atoms with Crippen molar-refractivity contribution in [2.75, 3.05) is 25.0 Å². The molecule has 4 nitrogen and oxygen atoms in total. The molecular weight excluding hydrogens is 238 g/mol. The monoisotopic (exact) mass is 265 g/mol. The van der Waals surface area contributed by atoms with E-state index in [2.05, 4.69) is 42.0 Å². The lowest BCUT2D eigenvalue weighted by Gasteiger charge is -2.29. The molecule has 0 fully saturated rings. The molecule has 19 heavy (non-hydrogen) atoms. The first-order valence-corrected chi connectivity index (χ1v) is 7.28. The van der Waals surface area contributed by atoms with Crippen LogP contribution in [0.1, 0.15) is 39.2 Å². The summed E-state index contributed by atoms with van der Waals surface area (Å²) in [5.74, 6) is 0.919. The molecule has 0 bridgehead atoms. The number of rotatable bonds is 9. The molecule has 0 radical (unpaired) electrons. The molecule has 0 saturated carbocycles. The average Bonchev–Trinajstić information content (AvgIpc) is 2.43. The first-order chi connectivity index (χ1) is 9.24. The number of aliphatic hydroxyl groups excluding tert-OH is 1. The number of nitrogens with one attached hydrogen (secondary N) is 1. The van der Waals surface area contributed by atoms with E-state index in [1.54, 1.807) is 0 Å². The average molecular weight is 265 g/mol. The van der Waals surface area contributed by atoms with Crippen LogP contribution in [0.5, 0.6) is 0 Å². The minimum atomic E-state index is 0.208. The van der Waals surface area contributed by atoms with E-state index < -0.39 is 0 Å². The van der Waals surface area contributed by atoms with Crippen LogP contribution in [0.25, 0.3) is 0 Å². The summed E-state index contributed by atoms with van der Waals surface area (Å²) in [5.41, 5.74) is 1.20. The Morgan fingerprint density at radius 2 is 2.00 bits per heavy atom. The second-order valence-corrected chi connectivity index (χ2v) is 4.75. The van der Waals surface area contributed by atoms with E-state index >= 15 is 0 Å². The summed E-state index contributed by atoms with van der Waals surface area (Å²) in [7, 11) is 0. The highest BCUT2D eigenvalue weighted by molar-refractivity contribution is 5.35. The van der Waals surface area contributed by atoms with Crippen molar-refractivity contribution >= 4 is 5.82 Å². The van der Waals surface area contributed by atoms with E-state index in [4.69, 9.17) is 0 Å². The van der Waals surface area contributed by atoms with Gasteiger partial charge in [-0.25, -0.2) is 4.98 Å². The van der Waals surface area contributed by atoms with Crippen molar-refractivity contribution in [1.29, 1.82) is 0 Å². The van der Waals surface area contributed by atoms with Gasteiger partial charge in [0.25, 0.3) is 0 Å². The van der Waals surface area contributed by atoms with Crippen molar-refractivity contribution in [2.45, 2.75) is 46.2 Å². The van der Waals surface area contributed by atoms with Crippen molar-refractivity contribution in [3.05, 3.63) is 23.9 Å². The SMILES string of the molecule is CCNc1ccc(CN(CCO)C(CC)CC)cn1. The number of hydrogen-bond acceptors (Lipinski definition) is 4. The summed E-state index contributed by atoms with van der Waals surface area (Å²) in [6.45, 7) is 9.13. The minimum absolute atomic E-state index is 0.208. The molecule has 0 atom stereocenters. The number of hydrogen-bond donors (Lipinski definition) is 2. The Morgan fingerprint density at radius 1 is 1.26 bits per heavy atom. The zero-order valence-electron chi connectivity index (χ0n) is 12.4. The third-order valence-corrected chi connectivity index (χ3v) is 3.41. The molecule has 0 unspecified atom stereocenters. The molecule has 0 aliphatic carbocycles. The first kappa shape index (κ1) is 15.9. The molecule has 0 aliphatic heterocycles. The normalized spacial score (nSPS) is 11.3. The number of pyridine rings is 1. The van der Waals surface area contributed by atoms with Crippen molar-refractivity contribution in [3.8, 4) is 0 Å². The fourth-order valence-electron chi connectivity index (χ4n) is 2.36. The van der Waals surface area contributed by atoms with Gasteiger partial charge in [0.05, 0.1) is 6.61 Å². The third-order valence-electron chi connectivity index (χ3n) is 3.41. The van der Waals surface area contributed by atoms with Crippen LogP contribution in [0.2, 0.25) is 0 Å². The minimum Gasteiger partial charge on any atom is -0.395 e. The van der Waals surface area contributed by atoms with Crippen LogP contribution >= 0.6 is 0 Å². The van der Waals surface area contributed by atoms with Gasteiger partial charge in [-0.3, -0.25) is 4.90 Å². The lowest BCUT2D eigenvalue weighted by Crippen LogP contribution is -2.36. The molecule has 0 amide bonds. The van der Waals surface area contributed by atoms with Crippen LogP contribution in [0.3, 0.4) is 0 Å². The molecule has 0 saturated heterocycles. The summed E-state index contributed by atoms with van der Waals surface area (Å²) in [4.78, 5) is 6.73. The van der Waals surface area contributed by atoms with Crippen molar-refractivity contribution in [3.63, 3.8) is 0 Å². The van der Waals surface area contributed by atoms with E-state index in [9.17, 15) is 5.11 Å². The quantitative estimate of drug-likeness (QED) is 0.720. The van der Waals surface area contributed by atoms with Gasteiger partial charge in [-0.2, -0.15) is 0 Å². The van der Waals surface area contributed by atoms with Gasteiger partial charge in [-0.15, -0.1) is 0 Å². The fourth-order valence-corrected chi connectivity index (χ4v) is 2.36. The van der Waals surface area contributed by atoms with Gasteiger partial charge in [0, 0.05) is 31.9 Å². The maximum Gasteiger partial charge on any atom is 0.125 e. The summed E-state index contributed by atoms with van der Waals surface area (Å²) in [6, 6.07) is 4.65. The summed E-state index contributed by atoms with van der Waals surface area (Å²) < 4.78 is 0. The van der Waals surface area contributed by atoms with Gasteiger partial charge in [-0.1, -0.05) is 19.9 Å². The van der Waals surface area contributed by atoms with Gasteiger partial charge in [-0.05, 0) is 31.4 Å². The highest BCUT2D eigenvalue weighted by Gasteiger charge is 2.14. The van der Waals surface area contributed by atoms with Gasteiger partial charge in [0.1, 0.15) is 5.82 Å². The van der Waals surface area contributed by atoms with Crippen LogP contribution in [0, 0.1) is 0 Å². The highest BCUT2D eigenvalue weighted by Crippen LogP contribution is 2.14. The molecule has 4 heteroatoms. The Labute approximate surface area is 116 Å². The van der Waals surface area contributed by atoms with Gasteiger partial charge >= 0.3 is 0 Å². The number of aliphatic hydroxyl groups is 1. The standard InChI is InChI=1S/C15H27N3O/c1-4-14(5-2)18(9-10-19)12-13-7-8-15(16-6-3)17-11-13/h7-8,11,14,19H,4-6,9-10,12H2,1-3H3,(H,16,17). The molecule has 1 heterocycles. The number of aromatic nitrogens is 1. The lowest BCUT2D eigenvalue weighted by molar-refractivity contribution is 0.136. The van der Waals surface area contributed by atoms with Crippen LogP contribution in [-0.2, 0) is 6.54 Å². The van der Waals surface area contributed by atoms with Crippen LogP contribution in [-0.4, -0.2) is 40.7 Å². The van der Waals surface area contributed by atoms with E-state index in [1.807, 2.05) is 12.3 Å². The second-order valence-electron chi connectivity index (χ2n) is 4.75. The predicted molar refractivity (Wildman–Crippen MR) is 80.3 cm³/mol. The van der Waals surface area contributed by atoms with Crippen LogP contribution < -0.4 is 5.32 Å². The zero-order valence-corrected chi connectivity index (χ0v) is 12.4.